The Morgan fingerprint density at radius 2 is 1.59 bits per heavy atom. The van der Waals surface area contributed by atoms with Crippen molar-refractivity contribution >= 4 is 23.9 Å². The van der Waals surface area contributed by atoms with Crippen LogP contribution in [0, 0.1) is 0 Å². The van der Waals surface area contributed by atoms with E-state index < -0.39 is 24.0 Å². The van der Waals surface area contributed by atoms with Crippen LogP contribution in [0.5, 0.6) is 0 Å². The second-order valence-corrected chi connectivity index (χ2v) is 6.07. The summed E-state index contributed by atoms with van der Waals surface area (Å²) in [6, 6.07) is 5.53. The summed E-state index contributed by atoms with van der Waals surface area (Å²) in [6.07, 6.45) is -1.12. The highest BCUT2D eigenvalue weighted by Gasteiger charge is 2.20. The van der Waals surface area contributed by atoms with E-state index in [2.05, 4.69) is 21.3 Å². The number of carbonyl (C=O) groups is 4. The van der Waals surface area contributed by atoms with E-state index in [1.807, 2.05) is 13.8 Å². The fourth-order valence-electron chi connectivity index (χ4n) is 1.95. The van der Waals surface area contributed by atoms with Gasteiger partial charge in [0, 0.05) is 19.1 Å². The molecular formula is C18H26N4O5. The molecule has 1 rings (SSSR count). The summed E-state index contributed by atoms with van der Waals surface area (Å²) < 4.78 is 5.05. The van der Waals surface area contributed by atoms with Gasteiger partial charge in [-0.1, -0.05) is 12.1 Å². The number of hydrogen-bond donors (Lipinski definition) is 4. The molecule has 1 aromatic carbocycles. The number of ether oxygens (including phenoxy) is 1. The van der Waals surface area contributed by atoms with Gasteiger partial charge in [-0.2, -0.15) is 0 Å². The van der Waals surface area contributed by atoms with E-state index in [0.29, 0.717) is 13.1 Å². The number of rotatable bonds is 7. The molecule has 9 nitrogen and oxygen atoms in total. The first-order valence-corrected chi connectivity index (χ1v) is 8.65. The van der Waals surface area contributed by atoms with E-state index in [9.17, 15) is 19.2 Å². The van der Waals surface area contributed by atoms with Gasteiger partial charge >= 0.3 is 18.0 Å². The minimum atomic E-state index is -1.12. The van der Waals surface area contributed by atoms with E-state index in [-0.39, 0.29) is 17.6 Å². The zero-order chi connectivity index (χ0) is 20.4. The zero-order valence-electron chi connectivity index (χ0n) is 15.9. The van der Waals surface area contributed by atoms with Crippen molar-refractivity contribution in [3.05, 3.63) is 35.4 Å². The molecule has 1 atom stereocenters. The zero-order valence-corrected chi connectivity index (χ0v) is 15.9. The Balaban J connectivity index is 2.52. The quantitative estimate of drug-likeness (QED) is 0.532. The highest BCUT2D eigenvalue weighted by atomic mass is 16.5. The number of hydrogen-bond acceptors (Lipinski definition) is 5. The summed E-state index contributed by atoms with van der Waals surface area (Å²) >= 11 is 0. The highest BCUT2D eigenvalue weighted by molar-refractivity contribution is 5.98. The van der Waals surface area contributed by atoms with Crippen LogP contribution < -0.4 is 21.3 Å². The van der Waals surface area contributed by atoms with Crippen LogP contribution >= 0.6 is 0 Å². The van der Waals surface area contributed by atoms with Gasteiger partial charge in [-0.25, -0.2) is 14.4 Å². The molecule has 0 aromatic heterocycles. The molecule has 0 aliphatic rings. The molecule has 1 unspecified atom stereocenters. The van der Waals surface area contributed by atoms with Gasteiger partial charge < -0.3 is 20.7 Å². The molecule has 27 heavy (non-hydrogen) atoms. The maximum absolute atomic E-state index is 12.1. The lowest BCUT2D eigenvalue weighted by molar-refractivity contribution is -0.127. The number of urea groups is 2. The number of amides is 5. The monoisotopic (exact) mass is 378 g/mol. The fraction of sp³-hybridized carbons (Fsp3) is 0.444. The molecule has 148 valence electrons. The third kappa shape index (κ3) is 8.21. The Hall–Kier alpha value is -3.10. The maximum Gasteiger partial charge on any atom is 0.338 e. The van der Waals surface area contributed by atoms with Crippen LogP contribution in [0.25, 0.3) is 0 Å². The van der Waals surface area contributed by atoms with E-state index in [1.165, 1.54) is 19.1 Å². The largest absolute Gasteiger partial charge is 0.449 e. The Morgan fingerprint density at radius 3 is 2.15 bits per heavy atom. The minimum absolute atomic E-state index is 0.0365. The van der Waals surface area contributed by atoms with Crippen molar-refractivity contribution in [2.24, 2.45) is 0 Å². The van der Waals surface area contributed by atoms with Crippen molar-refractivity contribution in [1.29, 1.82) is 0 Å². The van der Waals surface area contributed by atoms with Gasteiger partial charge in [0.05, 0.1) is 5.56 Å². The lowest BCUT2D eigenvalue weighted by Crippen LogP contribution is -2.44. The summed E-state index contributed by atoms with van der Waals surface area (Å²) in [5.74, 6) is -1.41. The van der Waals surface area contributed by atoms with Gasteiger partial charge in [0.15, 0.2) is 6.10 Å². The maximum atomic E-state index is 12.1. The fourth-order valence-corrected chi connectivity index (χ4v) is 1.95. The second-order valence-electron chi connectivity index (χ2n) is 6.07. The summed E-state index contributed by atoms with van der Waals surface area (Å²) in [4.78, 5) is 46.7. The van der Waals surface area contributed by atoms with Crippen molar-refractivity contribution in [2.75, 3.05) is 6.54 Å². The van der Waals surface area contributed by atoms with Crippen LogP contribution in [0.1, 0.15) is 43.6 Å². The SMILES string of the molecule is CCNC(=O)NC(=O)C(C)OC(=O)c1ccc(CNC(=O)NC(C)C)cc1. The van der Waals surface area contributed by atoms with Crippen molar-refractivity contribution in [1.82, 2.24) is 21.3 Å². The molecule has 5 amide bonds. The summed E-state index contributed by atoms with van der Waals surface area (Å²) in [5, 5.41) is 9.89. The highest BCUT2D eigenvalue weighted by Crippen LogP contribution is 2.08. The normalized spacial score (nSPS) is 11.3. The van der Waals surface area contributed by atoms with Gasteiger partial charge in [0.2, 0.25) is 0 Å². The van der Waals surface area contributed by atoms with Crippen LogP contribution in [0.4, 0.5) is 9.59 Å². The lowest BCUT2D eigenvalue weighted by atomic mass is 10.1. The number of esters is 1. The first-order chi connectivity index (χ1) is 12.7. The van der Waals surface area contributed by atoms with Crippen molar-refractivity contribution in [2.45, 2.75) is 46.4 Å². The molecule has 4 N–H and O–H groups in total. The first-order valence-electron chi connectivity index (χ1n) is 8.65. The number of benzene rings is 1. The first kappa shape index (κ1) is 21.9. The van der Waals surface area contributed by atoms with Gasteiger partial charge in [0.25, 0.3) is 5.91 Å². The van der Waals surface area contributed by atoms with Crippen molar-refractivity contribution in [3.63, 3.8) is 0 Å². The number of nitrogens with one attached hydrogen (secondary N) is 4. The molecule has 9 heteroatoms. The van der Waals surface area contributed by atoms with Gasteiger partial charge in [-0.3, -0.25) is 10.1 Å². The number of imide groups is 1. The Morgan fingerprint density at radius 1 is 0.963 bits per heavy atom. The molecule has 1 aromatic rings. The van der Waals surface area contributed by atoms with Crippen LogP contribution in [-0.2, 0) is 16.1 Å². The van der Waals surface area contributed by atoms with E-state index >= 15 is 0 Å². The van der Waals surface area contributed by atoms with Crippen LogP contribution in [0.2, 0.25) is 0 Å². The molecule has 0 radical (unpaired) electrons. The van der Waals surface area contributed by atoms with Gasteiger partial charge in [0.1, 0.15) is 0 Å². The molecule has 0 aliphatic carbocycles. The number of carbonyl (C=O) groups excluding carboxylic acids is 4. The molecule has 0 fully saturated rings. The van der Waals surface area contributed by atoms with Gasteiger partial charge in [-0.15, -0.1) is 0 Å². The average Bonchev–Trinajstić information content (AvgIpc) is 2.59. The van der Waals surface area contributed by atoms with Gasteiger partial charge in [-0.05, 0) is 45.4 Å². The average molecular weight is 378 g/mol. The third-order valence-corrected chi connectivity index (χ3v) is 3.29. The predicted molar refractivity (Wildman–Crippen MR) is 99.0 cm³/mol. The molecule has 0 heterocycles. The molecule has 0 aliphatic heterocycles. The smallest absolute Gasteiger partial charge is 0.338 e. The molecule has 0 spiro atoms. The Bertz CT molecular complexity index is 673. The Labute approximate surface area is 158 Å². The van der Waals surface area contributed by atoms with Crippen LogP contribution in [0.15, 0.2) is 24.3 Å². The van der Waals surface area contributed by atoms with Crippen molar-refractivity contribution in [3.8, 4) is 0 Å². The molecule has 0 saturated carbocycles. The lowest BCUT2D eigenvalue weighted by Gasteiger charge is -2.13. The molecular weight excluding hydrogens is 352 g/mol. The third-order valence-electron chi connectivity index (χ3n) is 3.29. The summed E-state index contributed by atoms with van der Waals surface area (Å²) in [5.41, 5.74) is 1.05. The molecule has 0 bridgehead atoms. The van der Waals surface area contributed by atoms with E-state index in [0.717, 1.165) is 5.56 Å². The standard InChI is InChI=1S/C18H26N4O5/c1-5-19-17(25)22-15(23)12(4)27-16(24)14-8-6-13(7-9-14)10-20-18(26)21-11(2)3/h6-9,11-12H,5,10H2,1-4H3,(H2,20,21,26)(H2,19,22,23,25). The van der Waals surface area contributed by atoms with E-state index in [4.69, 9.17) is 4.74 Å². The summed E-state index contributed by atoms with van der Waals surface area (Å²) in [6.45, 7) is 7.48. The summed E-state index contributed by atoms with van der Waals surface area (Å²) in [7, 11) is 0. The minimum Gasteiger partial charge on any atom is -0.449 e. The van der Waals surface area contributed by atoms with Crippen LogP contribution in [0.3, 0.4) is 0 Å². The van der Waals surface area contributed by atoms with E-state index in [1.54, 1.807) is 19.1 Å². The van der Waals surface area contributed by atoms with Crippen LogP contribution in [-0.4, -0.2) is 42.6 Å². The molecule has 0 saturated heterocycles. The predicted octanol–water partition coefficient (Wildman–Crippen LogP) is 1.29. The Kier molecular flexibility index (Phi) is 8.77. The van der Waals surface area contributed by atoms with Crippen molar-refractivity contribution < 1.29 is 23.9 Å². The second kappa shape index (κ2) is 10.8. The topological polar surface area (TPSA) is 126 Å².